The van der Waals surface area contributed by atoms with Gasteiger partial charge < -0.3 is 20.5 Å². The third kappa shape index (κ3) is 5.72. The summed E-state index contributed by atoms with van der Waals surface area (Å²) in [6.07, 6.45) is 1.42. The summed E-state index contributed by atoms with van der Waals surface area (Å²) in [7, 11) is 1.74. The number of benzene rings is 1. The average Bonchev–Trinajstić information content (AvgIpc) is 2.44. The van der Waals surface area contributed by atoms with Crippen molar-refractivity contribution in [2.75, 3.05) is 33.4 Å². The van der Waals surface area contributed by atoms with Crippen molar-refractivity contribution in [1.29, 1.82) is 0 Å². The molecule has 1 amide bonds. The van der Waals surface area contributed by atoms with Gasteiger partial charge in [-0.1, -0.05) is 12.1 Å². The van der Waals surface area contributed by atoms with E-state index in [0.717, 1.165) is 12.0 Å². The van der Waals surface area contributed by atoms with Crippen LogP contribution in [-0.4, -0.2) is 49.3 Å². The maximum Gasteiger partial charge on any atom is 0.260 e. The third-order valence-corrected chi connectivity index (χ3v) is 2.81. The van der Waals surface area contributed by atoms with Crippen molar-refractivity contribution in [2.24, 2.45) is 5.73 Å². The molecule has 0 radical (unpaired) electrons. The van der Waals surface area contributed by atoms with Gasteiger partial charge in [-0.05, 0) is 37.1 Å². The largest absolute Gasteiger partial charge is 0.484 e. The second kappa shape index (κ2) is 8.50. The third-order valence-electron chi connectivity index (χ3n) is 2.81. The maximum atomic E-state index is 11.7. The number of amides is 1. The van der Waals surface area contributed by atoms with Crippen molar-refractivity contribution in [3.05, 3.63) is 29.8 Å². The quantitative estimate of drug-likeness (QED) is 0.714. The number of aliphatic hydroxyl groups is 1. The molecular formula is C14H22N2O3. The van der Waals surface area contributed by atoms with E-state index in [-0.39, 0.29) is 19.1 Å². The van der Waals surface area contributed by atoms with Crippen molar-refractivity contribution < 1.29 is 14.6 Å². The molecule has 0 bridgehead atoms. The second-order valence-electron chi connectivity index (χ2n) is 4.36. The molecule has 5 nitrogen and oxygen atoms in total. The molecule has 0 aliphatic carbocycles. The molecule has 0 atom stereocenters. The van der Waals surface area contributed by atoms with Crippen LogP contribution in [0.2, 0.25) is 0 Å². The van der Waals surface area contributed by atoms with Crippen LogP contribution in [0.4, 0.5) is 0 Å². The molecule has 0 spiro atoms. The summed E-state index contributed by atoms with van der Waals surface area (Å²) in [5.74, 6) is 0.593. The summed E-state index contributed by atoms with van der Waals surface area (Å²) >= 11 is 0. The standard InChI is InChI=1S/C14H22N2O3/c1-16(9-2-8-15)14(18)11-19-13-5-3-12(4-6-13)7-10-17/h3-6,17H,2,7-11,15H2,1H3. The number of aliphatic hydroxyl groups excluding tert-OH is 1. The normalized spacial score (nSPS) is 10.3. The van der Waals surface area contributed by atoms with Crippen LogP contribution < -0.4 is 10.5 Å². The summed E-state index contributed by atoms with van der Waals surface area (Å²) < 4.78 is 5.42. The van der Waals surface area contributed by atoms with E-state index in [1.165, 1.54) is 0 Å². The summed E-state index contributed by atoms with van der Waals surface area (Å²) in [5.41, 5.74) is 6.44. The van der Waals surface area contributed by atoms with E-state index < -0.39 is 0 Å². The molecule has 0 fully saturated rings. The Labute approximate surface area is 114 Å². The molecular weight excluding hydrogens is 244 g/mol. The zero-order valence-corrected chi connectivity index (χ0v) is 11.3. The molecule has 0 saturated carbocycles. The average molecular weight is 266 g/mol. The molecule has 1 rings (SSSR count). The fourth-order valence-electron chi connectivity index (χ4n) is 1.59. The number of carbonyl (C=O) groups is 1. The minimum atomic E-state index is -0.0621. The highest BCUT2D eigenvalue weighted by molar-refractivity contribution is 5.77. The van der Waals surface area contributed by atoms with E-state index in [0.29, 0.717) is 25.3 Å². The van der Waals surface area contributed by atoms with Crippen molar-refractivity contribution in [3.63, 3.8) is 0 Å². The Hall–Kier alpha value is -1.59. The maximum absolute atomic E-state index is 11.7. The summed E-state index contributed by atoms with van der Waals surface area (Å²) in [6.45, 7) is 1.38. The first-order valence-corrected chi connectivity index (χ1v) is 6.44. The number of hydrogen-bond acceptors (Lipinski definition) is 4. The topological polar surface area (TPSA) is 75.8 Å². The van der Waals surface area contributed by atoms with Gasteiger partial charge in [0.15, 0.2) is 6.61 Å². The Morgan fingerprint density at radius 1 is 1.37 bits per heavy atom. The Kier molecular flexibility index (Phi) is 6.92. The van der Waals surface area contributed by atoms with Crippen LogP contribution in [0.15, 0.2) is 24.3 Å². The number of rotatable bonds is 8. The molecule has 1 aromatic rings. The molecule has 0 aliphatic heterocycles. The first kappa shape index (κ1) is 15.5. The first-order valence-electron chi connectivity index (χ1n) is 6.44. The minimum absolute atomic E-state index is 0.0282. The lowest BCUT2D eigenvalue weighted by atomic mass is 10.1. The number of likely N-dealkylation sites (N-methyl/N-ethyl adjacent to an activating group) is 1. The van der Waals surface area contributed by atoms with Gasteiger partial charge in [-0.15, -0.1) is 0 Å². The molecule has 0 heterocycles. The van der Waals surface area contributed by atoms with Crippen LogP contribution in [-0.2, 0) is 11.2 Å². The lowest BCUT2D eigenvalue weighted by Gasteiger charge is -2.16. The summed E-state index contributed by atoms with van der Waals surface area (Å²) in [5, 5.41) is 8.81. The van der Waals surface area contributed by atoms with Crippen LogP contribution in [0.1, 0.15) is 12.0 Å². The highest BCUT2D eigenvalue weighted by atomic mass is 16.5. The van der Waals surface area contributed by atoms with E-state index >= 15 is 0 Å². The monoisotopic (exact) mass is 266 g/mol. The molecule has 19 heavy (non-hydrogen) atoms. The molecule has 0 aromatic heterocycles. The van der Waals surface area contributed by atoms with Crippen LogP contribution in [0.25, 0.3) is 0 Å². The van der Waals surface area contributed by atoms with Gasteiger partial charge in [0.05, 0.1) is 0 Å². The van der Waals surface area contributed by atoms with Gasteiger partial charge in [0.25, 0.3) is 5.91 Å². The van der Waals surface area contributed by atoms with Crippen molar-refractivity contribution in [3.8, 4) is 5.75 Å². The number of ether oxygens (including phenoxy) is 1. The van der Waals surface area contributed by atoms with Gasteiger partial charge in [0.2, 0.25) is 0 Å². The van der Waals surface area contributed by atoms with E-state index in [1.807, 2.05) is 12.1 Å². The number of carbonyl (C=O) groups excluding carboxylic acids is 1. The van der Waals surface area contributed by atoms with Crippen molar-refractivity contribution in [1.82, 2.24) is 4.90 Å². The molecule has 1 aromatic carbocycles. The van der Waals surface area contributed by atoms with Gasteiger partial charge >= 0.3 is 0 Å². The smallest absolute Gasteiger partial charge is 0.260 e. The first-order chi connectivity index (χ1) is 9.17. The fourth-order valence-corrected chi connectivity index (χ4v) is 1.59. The van der Waals surface area contributed by atoms with Crippen molar-refractivity contribution >= 4 is 5.91 Å². The van der Waals surface area contributed by atoms with Gasteiger partial charge in [0.1, 0.15) is 5.75 Å². The lowest BCUT2D eigenvalue weighted by molar-refractivity contribution is -0.132. The molecule has 3 N–H and O–H groups in total. The van der Waals surface area contributed by atoms with Gasteiger partial charge in [-0.3, -0.25) is 4.79 Å². The molecule has 0 aliphatic rings. The SMILES string of the molecule is CN(CCCN)C(=O)COc1ccc(CCO)cc1. The van der Waals surface area contributed by atoms with Crippen LogP contribution in [0, 0.1) is 0 Å². The van der Waals surface area contributed by atoms with Gasteiger partial charge in [-0.25, -0.2) is 0 Å². The zero-order chi connectivity index (χ0) is 14.1. The predicted molar refractivity (Wildman–Crippen MR) is 74.0 cm³/mol. The minimum Gasteiger partial charge on any atom is -0.484 e. The highest BCUT2D eigenvalue weighted by Gasteiger charge is 2.08. The molecule has 0 saturated heterocycles. The van der Waals surface area contributed by atoms with E-state index in [2.05, 4.69) is 0 Å². The Balaban J connectivity index is 2.37. The van der Waals surface area contributed by atoms with Gasteiger partial charge in [-0.2, -0.15) is 0 Å². The highest BCUT2D eigenvalue weighted by Crippen LogP contribution is 2.12. The number of hydrogen-bond donors (Lipinski definition) is 2. The number of nitrogens with two attached hydrogens (primary N) is 1. The molecule has 5 heteroatoms. The van der Waals surface area contributed by atoms with Gasteiger partial charge in [0, 0.05) is 20.2 Å². The zero-order valence-electron chi connectivity index (χ0n) is 11.3. The van der Waals surface area contributed by atoms with Crippen LogP contribution in [0.5, 0.6) is 5.75 Å². The second-order valence-corrected chi connectivity index (χ2v) is 4.36. The van der Waals surface area contributed by atoms with E-state index in [4.69, 9.17) is 15.6 Å². The summed E-state index contributed by atoms with van der Waals surface area (Å²) in [6, 6.07) is 7.37. The van der Waals surface area contributed by atoms with Crippen LogP contribution >= 0.6 is 0 Å². The molecule has 0 unspecified atom stereocenters. The fraction of sp³-hybridized carbons (Fsp3) is 0.500. The molecule has 106 valence electrons. The Morgan fingerprint density at radius 3 is 2.63 bits per heavy atom. The van der Waals surface area contributed by atoms with Crippen LogP contribution in [0.3, 0.4) is 0 Å². The van der Waals surface area contributed by atoms with E-state index in [1.54, 1.807) is 24.1 Å². The van der Waals surface area contributed by atoms with Crippen molar-refractivity contribution in [2.45, 2.75) is 12.8 Å². The Bertz CT molecular complexity index is 379. The lowest BCUT2D eigenvalue weighted by Crippen LogP contribution is -2.33. The Morgan fingerprint density at radius 2 is 2.05 bits per heavy atom. The predicted octanol–water partition coefficient (Wildman–Crippen LogP) is 0.407. The number of nitrogens with zero attached hydrogens (tertiary/aromatic N) is 1. The summed E-state index contributed by atoms with van der Waals surface area (Å²) in [4.78, 5) is 13.3. The van der Waals surface area contributed by atoms with E-state index in [9.17, 15) is 4.79 Å².